The van der Waals surface area contributed by atoms with Crippen molar-refractivity contribution in [3.8, 4) is 0 Å². The van der Waals surface area contributed by atoms with Gasteiger partial charge in [-0.05, 0) is 25.7 Å². The van der Waals surface area contributed by atoms with Crippen LogP contribution in [-0.4, -0.2) is 53.7 Å². The number of nitrogens with zero attached hydrogens (tertiary/aromatic N) is 1. The van der Waals surface area contributed by atoms with Crippen LogP contribution in [-0.2, 0) is 4.79 Å². The maximum atomic E-state index is 12.1. The fourth-order valence-electron chi connectivity index (χ4n) is 3.72. The molecule has 2 aliphatic heterocycles. The lowest BCUT2D eigenvalue weighted by Crippen LogP contribution is -2.51. The molecule has 4 nitrogen and oxygen atoms in total. The number of hydrogen-bond acceptors (Lipinski definition) is 4. The van der Waals surface area contributed by atoms with E-state index in [1.54, 1.807) is 0 Å². The number of carbonyl (C=O) groups excluding carboxylic acids is 1. The van der Waals surface area contributed by atoms with Crippen LogP contribution in [0.5, 0.6) is 0 Å². The predicted molar refractivity (Wildman–Crippen MR) is 83.9 cm³/mol. The van der Waals surface area contributed by atoms with E-state index in [1.807, 2.05) is 11.8 Å². The van der Waals surface area contributed by atoms with E-state index in [0.717, 1.165) is 30.5 Å². The summed E-state index contributed by atoms with van der Waals surface area (Å²) >= 11 is 1.81. The second-order valence-corrected chi connectivity index (χ2v) is 7.41. The molecule has 1 aliphatic carbocycles. The Bertz CT molecular complexity index is 319. The zero-order chi connectivity index (χ0) is 13.8. The fourth-order valence-corrected chi connectivity index (χ4v) is 4.66. The Morgan fingerprint density at radius 3 is 2.50 bits per heavy atom. The van der Waals surface area contributed by atoms with Crippen LogP contribution >= 0.6 is 11.8 Å². The third-order valence-electron chi connectivity index (χ3n) is 5.00. The number of hydrogen-bond donors (Lipinski definition) is 2. The van der Waals surface area contributed by atoms with Crippen molar-refractivity contribution in [2.75, 3.05) is 24.7 Å². The summed E-state index contributed by atoms with van der Waals surface area (Å²) in [7, 11) is 0. The number of likely N-dealkylation sites (tertiary alicyclic amines) is 1. The molecule has 2 saturated heterocycles. The van der Waals surface area contributed by atoms with Crippen LogP contribution in [0, 0.1) is 0 Å². The number of rotatable bonds is 3. The SMILES string of the molecule is O=C(NC1CCN(C2CCCCC2)CC1)C1CSCN1. The molecule has 0 aromatic rings. The Hall–Kier alpha value is -0.260. The van der Waals surface area contributed by atoms with Crippen LogP contribution in [0.3, 0.4) is 0 Å². The standard InChI is InChI=1S/C15H27N3OS/c19-15(14-10-20-11-16-14)17-12-6-8-18(9-7-12)13-4-2-1-3-5-13/h12-14,16H,1-11H2,(H,17,19). The van der Waals surface area contributed by atoms with Crippen molar-refractivity contribution in [2.24, 2.45) is 0 Å². The zero-order valence-corrected chi connectivity index (χ0v) is 13.1. The first-order chi connectivity index (χ1) is 9.83. The van der Waals surface area contributed by atoms with Gasteiger partial charge in [-0.3, -0.25) is 10.1 Å². The first-order valence-electron chi connectivity index (χ1n) is 8.18. The van der Waals surface area contributed by atoms with Crippen LogP contribution in [0.25, 0.3) is 0 Å². The molecule has 3 fully saturated rings. The molecule has 0 spiro atoms. The summed E-state index contributed by atoms with van der Waals surface area (Å²) in [6.07, 6.45) is 9.28. The fraction of sp³-hybridized carbons (Fsp3) is 0.933. The molecule has 3 rings (SSSR count). The number of piperidine rings is 1. The van der Waals surface area contributed by atoms with E-state index in [-0.39, 0.29) is 11.9 Å². The third-order valence-corrected chi connectivity index (χ3v) is 5.94. The quantitative estimate of drug-likeness (QED) is 0.830. The Morgan fingerprint density at radius 2 is 1.85 bits per heavy atom. The van der Waals surface area contributed by atoms with Gasteiger partial charge < -0.3 is 10.2 Å². The summed E-state index contributed by atoms with van der Waals surface area (Å²) in [5.74, 6) is 2.05. The van der Waals surface area contributed by atoms with Gasteiger partial charge in [-0.2, -0.15) is 0 Å². The molecule has 2 N–H and O–H groups in total. The minimum absolute atomic E-state index is 0.0383. The average Bonchev–Trinajstić information content (AvgIpc) is 3.03. The average molecular weight is 297 g/mol. The smallest absolute Gasteiger partial charge is 0.238 e. The number of amides is 1. The van der Waals surface area contributed by atoms with Crippen LogP contribution in [0.1, 0.15) is 44.9 Å². The van der Waals surface area contributed by atoms with Gasteiger partial charge in [0.05, 0.1) is 6.04 Å². The minimum Gasteiger partial charge on any atom is -0.352 e. The molecule has 0 aromatic heterocycles. The molecule has 2 heterocycles. The second-order valence-electron chi connectivity index (χ2n) is 6.38. The topological polar surface area (TPSA) is 44.4 Å². The first-order valence-corrected chi connectivity index (χ1v) is 9.34. The van der Waals surface area contributed by atoms with Gasteiger partial charge in [0, 0.05) is 36.8 Å². The molecule has 5 heteroatoms. The van der Waals surface area contributed by atoms with Crippen LogP contribution in [0.2, 0.25) is 0 Å². The van der Waals surface area contributed by atoms with E-state index >= 15 is 0 Å². The number of carbonyl (C=O) groups is 1. The Morgan fingerprint density at radius 1 is 1.10 bits per heavy atom. The van der Waals surface area contributed by atoms with Crippen LogP contribution in [0.4, 0.5) is 0 Å². The maximum Gasteiger partial charge on any atom is 0.238 e. The van der Waals surface area contributed by atoms with E-state index in [2.05, 4.69) is 15.5 Å². The van der Waals surface area contributed by atoms with Crippen molar-refractivity contribution in [1.29, 1.82) is 0 Å². The van der Waals surface area contributed by atoms with Gasteiger partial charge in [-0.15, -0.1) is 11.8 Å². The Kier molecular flexibility index (Phi) is 5.24. The van der Waals surface area contributed by atoms with Crippen molar-refractivity contribution in [2.45, 2.75) is 63.1 Å². The van der Waals surface area contributed by atoms with Gasteiger partial charge >= 0.3 is 0 Å². The lowest BCUT2D eigenvalue weighted by Gasteiger charge is -2.39. The summed E-state index contributed by atoms with van der Waals surface area (Å²) in [4.78, 5) is 14.8. The molecule has 1 amide bonds. The highest BCUT2D eigenvalue weighted by atomic mass is 32.2. The van der Waals surface area contributed by atoms with Crippen molar-refractivity contribution in [1.82, 2.24) is 15.5 Å². The Balaban J connectivity index is 1.40. The molecule has 0 aromatic carbocycles. The lowest BCUT2D eigenvalue weighted by molar-refractivity contribution is -0.123. The van der Waals surface area contributed by atoms with Gasteiger partial charge in [0.15, 0.2) is 0 Å². The molecule has 1 unspecified atom stereocenters. The molecule has 3 aliphatic rings. The maximum absolute atomic E-state index is 12.1. The van der Waals surface area contributed by atoms with Gasteiger partial charge in [0.2, 0.25) is 5.91 Å². The summed E-state index contributed by atoms with van der Waals surface area (Å²) in [6, 6.07) is 1.26. The normalized spacial score (nSPS) is 30.5. The molecular formula is C15H27N3OS. The predicted octanol–water partition coefficient (Wildman–Crippen LogP) is 1.56. The molecule has 1 atom stereocenters. The van der Waals surface area contributed by atoms with Gasteiger partial charge in [-0.1, -0.05) is 19.3 Å². The zero-order valence-electron chi connectivity index (χ0n) is 12.3. The lowest BCUT2D eigenvalue weighted by atomic mass is 9.92. The molecule has 0 radical (unpaired) electrons. The highest BCUT2D eigenvalue weighted by Gasteiger charge is 2.29. The highest BCUT2D eigenvalue weighted by Crippen LogP contribution is 2.25. The van der Waals surface area contributed by atoms with Gasteiger partial charge in [-0.25, -0.2) is 0 Å². The van der Waals surface area contributed by atoms with Crippen molar-refractivity contribution in [3.63, 3.8) is 0 Å². The third kappa shape index (κ3) is 3.68. The second kappa shape index (κ2) is 7.14. The molecular weight excluding hydrogens is 270 g/mol. The summed E-state index contributed by atoms with van der Waals surface area (Å²) in [6.45, 7) is 2.34. The van der Waals surface area contributed by atoms with Crippen molar-refractivity contribution in [3.05, 3.63) is 0 Å². The molecule has 1 saturated carbocycles. The summed E-state index contributed by atoms with van der Waals surface area (Å²) in [5.41, 5.74) is 0. The van der Waals surface area contributed by atoms with E-state index in [1.165, 1.54) is 45.2 Å². The Labute approximate surface area is 126 Å². The van der Waals surface area contributed by atoms with E-state index < -0.39 is 0 Å². The number of thioether (sulfide) groups is 1. The molecule has 114 valence electrons. The van der Waals surface area contributed by atoms with Gasteiger partial charge in [0.25, 0.3) is 0 Å². The first kappa shape index (κ1) is 14.7. The van der Waals surface area contributed by atoms with Gasteiger partial charge in [0.1, 0.15) is 0 Å². The largest absolute Gasteiger partial charge is 0.352 e. The highest BCUT2D eigenvalue weighted by molar-refractivity contribution is 7.99. The van der Waals surface area contributed by atoms with Crippen LogP contribution < -0.4 is 10.6 Å². The minimum atomic E-state index is 0.0383. The summed E-state index contributed by atoms with van der Waals surface area (Å²) in [5, 5.41) is 6.49. The van der Waals surface area contributed by atoms with E-state index in [9.17, 15) is 4.79 Å². The van der Waals surface area contributed by atoms with Crippen LogP contribution in [0.15, 0.2) is 0 Å². The number of nitrogens with one attached hydrogen (secondary N) is 2. The van der Waals surface area contributed by atoms with E-state index in [0.29, 0.717) is 6.04 Å². The van der Waals surface area contributed by atoms with Crippen molar-refractivity contribution < 1.29 is 4.79 Å². The van der Waals surface area contributed by atoms with E-state index in [4.69, 9.17) is 0 Å². The summed E-state index contributed by atoms with van der Waals surface area (Å²) < 4.78 is 0. The monoisotopic (exact) mass is 297 g/mol. The molecule has 0 bridgehead atoms. The van der Waals surface area contributed by atoms with Crippen molar-refractivity contribution >= 4 is 17.7 Å². The molecule has 20 heavy (non-hydrogen) atoms.